The largest absolute Gasteiger partial charge is 0.492 e. The Morgan fingerprint density at radius 2 is 1.67 bits per heavy atom. The summed E-state index contributed by atoms with van der Waals surface area (Å²) in [6.07, 6.45) is 7.24. The third-order valence-electron chi connectivity index (χ3n) is 9.80. The van der Waals surface area contributed by atoms with Crippen molar-refractivity contribution in [2.24, 2.45) is 5.41 Å². The third-order valence-corrected chi connectivity index (χ3v) is 12.3. The maximum Gasteiger partial charge on any atom is 0.410 e. The number of hydroxylamine groups is 1. The molecule has 1 N–H and O–H groups in total. The molecule has 2 atom stereocenters. The van der Waals surface area contributed by atoms with Crippen molar-refractivity contribution in [3.63, 3.8) is 0 Å². The molecule has 5 rings (SSSR count). The molecule has 4 aliphatic rings. The highest BCUT2D eigenvalue weighted by molar-refractivity contribution is 7.93. The molecular formula is C33H51N3O8S. The minimum Gasteiger partial charge on any atom is -0.492 e. The number of nitrogens with one attached hydrogen (secondary N) is 1. The number of amides is 2. The fourth-order valence-electron chi connectivity index (χ4n) is 7.14. The average Bonchev–Trinajstić information content (AvgIpc) is 3.41. The smallest absolute Gasteiger partial charge is 0.410 e. The predicted molar refractivity (Wildman–Crippen MR) is 168 cm³/mol. The Morgan fingerprint density at radius 1 is 0.956 bits per heavy atom. The van der Waals surface area contributed by atoms with Gasteiger partial charge in [0.1, 0.15) is 18.0 Å². The highest BCUT2D eigenvalue weighted by Crippen LogP contribution is 2.55. The van der Waals surface area contributed by atoms with Crippen molar-refractivity contribution in [1.82, 2.24) is 15.3 Å². The van der Waals surface area contributed by atoms with Crippen molar-refractivity contribution in [3.8, 4) is 5.75 Å². The Labute approximate surface area is 268 Å². The first-order chi connectivity index (χ1) is 21.4. The Morgan fingerprint density at radius 3 is 2.31 bits per heavy atom. The maximum absolute atomic E-state index is 14.5. The van der Waals surface area contributed by atoms with Gasteiger partial charge in [0.15, 0.2) is 20.9 Å². The molecule has 2 amide bonds. The van der Waals surface area contributed by atoms with Crippen LogP contribution < -0.4 is 10.2 Å². The van der Waals surface area contributed by atoms with Gasteiger partial charge in [-0.15, -0.1) is 0 Å². The quantitative estimate of drug-likeness (QED) is 0.375. The molecule has 12 heteroatoms. The molecule has 252 valence electrons. The van der Waals surface area contributed by atoms with Gasteiger partial charge in [-0.05, 0) is 121 Å². The van der Waals surface area contributed by atoms with E-state index < -0.39 is 37.8 Å². The topological polar surface area (TPSA) is 124 Å². The van der Waals surface area contributed by atoms with Gasteiger partial charge in [0.05, 0.1) is 4.90 Å². The monoisotopic (exact) mass is 649 g/mol. The molecule has 4 fully saturated rings. The first-order valence-electron chi connectivity index (χ1n) is 16.7. The van der Waals surface area contributed by atoms with E-state index in [9.17, 15) is 18.0 Å². The number of piperidine rings is 2. The van der Waals surface area contributed by atoms with Crippen LogP contribution in [0.2, 0.25) is 0 Å². The van der Waals surface area contributed by atoms with Gasteiger partial charge in [0.25, 0.3) is 5.91 Å². The standard InChI is InChI=1S/C33H51N3O8S/c1-31(2,3)43-30(38)36-20-16-32(17-21-36)14-15-33(25-32,29(37)34-44-28-9-5-8-23-42-28)45(39,40)27-12-10-26(11-13-27)41-24-22-35-18-6-4-7-19-35/h10-13,28H,4-9,14-25H2,1-3H3,(H,34,37). The van der Waals surface area contributed by atoms with Crippen LogP contribution >= 0.6 is 0 Å². The molecule has 1 aliphatic carbocycles. The summed E-state index contributed by atoms with van der Waals surface area (Å²) in [6, 6.07) is 6.43. The lowest BCUT2D eigenvalue weighted by molar-refractivity contribution is -0.201. The van der Waals surface area contributed by atoms with Gasteiger partial charge in [-0.25, -0.2) is 23.5 Å². The molecule has 0 radical (unpaired) electrons. The number of ether oxygens (including phenoxy) is 3. The Balaban J connectivity index is 1.30. The van der Waals surface area contributed by atoms with E-state index in [1.54, 1.807) is 29.2 Å². The minimum atomic E-state index is -4.14. The fourth-order valence-corrected chi connectivity index (χ4v) is 9.24. The number of rotatable bonds is 9. The summed E-state index contributed by atoms with van der Waals surface area (Å²) < 4.78 is 44.3. The van der Waals surface area contributed by atoms with Crippen LogP contribution in [0, 0.1) is 5.41 Å². The Hall–Kier alpha value is -2.41. The SMILES string of the molecule is CC(C)(C)OC(=O)N1CCC2(CC1)CCC(C(=O)NOC1CCCCO1)(S(=O)(=O)c1ccc(OCCN3CCCCC3)cc1)C2. The van der Waals surface area contributed by atoms with E-state index in [0.29, 0.717) is 57.7 Å². The number of benzene rings is 1. The van der Waals surface area contributed by atoms with Gasteiger partial charge in [-0.3, -0.25) is 9.69 Å². The number of hydrogen-bond donors (Lipinski definition) is 1. The molecule has 1 spiro atoms. The van der Waals surface area contributed by atoms with Crippen molar-refractivity contribution in [2.75, 3.05) is 45.9 Å². The molecule has 1 aromatic carbocycles. The summed E-state index contributed by atoms with van der Waals surface area (Å²) in [5.74, 6) is -0.0652. The fraction of sp³-hybridized carbons (Fsp3) is 0.758. The lowest BCUT2D eigenvalue weighted by atomic mass is 9.76. The normalized spacial score (nSPS) is 26.0. The number of hydrogen-bond acceptors (Lipinski definition) is 9. The predicted octanol–water partition coefficient (Wildman–Crippen LogP) is 4.84. The number of carbonyl (C=O) groups is 2. The van der Waals surface area contributed by atoms with Crippen LogP contribution in [0.15, 0.2) is 29.2 Å². The van der Waals surface area contributed by atoms with Crippen molar-refractivity contribution in [1.29, 1.82) is 0 Å². The molecule has 0 aromatic heterocycles. The van der Waals surface area contributed by atoms with Crippen molar-refractivity contribution < 1.29 is 37.1 Å². The highest BCUT2D eigenvalue weighted by Gasteiger charge is 2.61. The van der Waals surface area contributed by atoms with Crippen molar-refractivity contribution in [3.05, 3.63) is 24.3 Å². The van der Waals surface area contributed by atoms with E-state index in [-0.39, 0.29) is 23.8 Å². The summed E-state index contributed by atoms with van der Waals surface area (Å²) in [7, 11) is -4.14. The Bertz CT molecular complexity index is 1260. The van der Waals surface area contributed by atoms with Crippen LogP contribution in [0.3, 0.4) is 0 Å². The van der Waals surface area contributed by atoms with Gasteiger partial charge in [0.2, 0.25) is 0 Å². The van der Waals surface area contributed by atoms with Gasteiger partial charge < -0.3 is 19.1 Å². The molecule has 0 bridgehead atoms. The first kappa shape index (κ1) is 33.9. The lowest BCUT2D eigenvalue weighted by Gasteiger charge is -2.40. The second kappa shape index (κ2) is 14.1. The zero-order chi connectivity index (χ0) is 32.1. The zero-order valence-electron chi connectivity index (χ0n) is 27.2. The summed E-state index contributed by atoms with van der Waals surface area (Å²) >= 11 is 0. The van der Waals surface area contributed by atoms with Gasteiger partial charge in [0, 0.05) is 32.7 Å². The highest BCUT2D eigenvalue weighted by atomic mass is 32.2. The zero-order valence-corrected chi connectivity index (χ0v) is 28.0. The molecule has 2 unspecified atom stereocenters. The van der Waals surface area contributed by atoms with Crippen molar-refractivity contribution in [2.45, 2.75) is 113 Å². The third kappa shape index (κ3) is 8.12. The summed E-state index contributed by atoms with van der Waals surface area (Å²) in [6.45, 7) is 10.5. The number of likely N-dealkylation sites (tertiary alicyclic amines) is 2. The van der Waals surface area contributed by atoms with Crippen LogP contribution in [0.5, 0.6) is 5.75 Å². The minimum absolute atomic E-state index is 0.0817. The van der Waals surface area contributed by atoms with E-state index in [2.05, 4.69) is 10.4 Å². The summed E-state index contributed by atoms with van der Waals surface area (Å²) in [5.41, 5.74) is 1.50. The van der Waals surface area contributed by atoms with Crippen LogP contribution in [0.1, 0.15) is 91.4 Å². The lowest BCUT2D eigenvalue weighted by Crippen LogP contribution is -2.53. The second-order valence-corrected chi connectivity index (χ2v) is 16.5. The maximum atomic E-state index is 14.5. The van der Waals surface area contributed by atoms with Gasteiger partial charge in [-0.1, -0.05) is 6.42 Å². The number of carbonyl (C=O) groups excluding carboxylic acids is 2. The molecule has 3 aliphatic heterocycles. The molecule has 1 saturated carbocycles. The average molecular weight is 650 g/mol. The molecule has 45 heavy (non-hydrogen) atoms. The van der Waals surface area contributed by atoms with Crippen LogP contribution in [-0.4, -0.2) is 92.8 Å². The van der Waals surface area contributed by atoms with Gasteiger partial charge in [-0.2, -0.15) is 0 Å². The van der Waals surface area contributed by atoms with Crippen LogP contribution in [0.25, 0.3) is 0 Å². The summed E-state index contributed by atoms with van der Waals surface area (Å²) in [4.78, 5) is 36.4. The van der Waals surface area contributed by atoms with Crippen LogP contribution in [-0.2, 0) is 28.9 Å². The Kier molecular flexibility index (Phi) is 10.7. The van der Waals surface area contributed by atoms with Crippen molar-refractivity contribution >= 4 is 21.8 Å². The molecular weight excluding hydrogens is 598 g/mol. The second-order valence-electron chi connectivity index (χ2n) is 14.2. The van der Waals surface area contributed by atoms with E-state index in [1.807, 2.05) is 20.8 Å². The van der Waals surface area contributed by atoms with E-state index in [1.165, 1.54) is 19.3 Å². The van der Waals surface area contributed by atoms with E-state index >= 15 is 0 Å². The summed E-state index contributed by atoms with van der Waals surface area (Å²) in [5, 5.41) is 0. The molecule has 1 aromatic rings. The first-order valence-corrected chi connectivity index (χ1v) is 18.2. The van der Waals surface area contributed by atoms with Crippen LogP contribution in [0.4, 0.5) is 4.79 Å². The molecule has 3 heterocycles. The molecule has 11 nitrogen and oxygen atoms in total. The van der Waals surface area contributed by atoms with E-state index in [4.69, 9.17) is 19.0 Å². The van der Waals surface area contributed by atoms with Gasteiger partial charge >= 0.3 is 6.09 Å². The molecule has 3 saturated heterocycles. The number of nitrogens with zero attached hydrogens (tertiary/aromatic N) is 2. The number of sulfone groups is 1. The van der Waals surface area contributed by atoms with E-state index in [0.717, 1.165) is 32.5 Å².